The van der Waals surface area contributed by atoms with Gasteiger partial charge in [-0.25, -0.2) is 17.2 Å². The van der Waals surface area contributed by atoms with Gasteiger partial charge in [0.15, 0.2) is 0 Å². The van der Waals surface area contributed by atoms with E-state index in [1.807, 2.05) is 36.4 Å². The van der Waals surface area contributed by atoms with Gasteiger partial charge < -0.3 is 6.92 Å². The van der Waals surface area contributed by atoms with Gasteiger partial charge in [0, 0.05) is 5.41 Å². The van der Waals surface area contributed by atoms with Gasteiger partial charge in [-0.1, -0.05) is 106 Å². The normalized spacial score (nSPS) is 18.3. The molecule has 0 spiro atoms. The van der Waals surface area contributed by atoms with Gasteiger partial charge >= 0.3 is 28.4 Å². The van der Waals surface area contributed by atoms with Crippen LogP contribution < -0.4 is 0 Å². The second-order valence-corrected chi connectivity index (χ2v) is 16.3. The van der Waals surface area contributed by atoms with E-state index in [0.29, 0.717) is 5.92 Å². The van der Waals surface area contributed by atoms with Gasteiger partial charge in [0.25, 0.3) is 0 Å². The van der Waals surface area contributed by atoms with Crippen molar-refractivity contribution in [2.24, 2.45) is 16.7 Å². The van der Waals surface area contributed by atoms with Crippen LogP contribution in [0.2, 0.25) is 0 Å². The molecule has 1 atom stereocenters. The van der Waals surface area contributed by atoms with Gasteiger partial charge in [0.1, 0.15) is 0 Å². The molecule has 0 amide bonds. The molecular weight excluding hydrogens is 656 g/mol. The fourth-order valence-corrected chi connectivity index (χ4v) is 7.04. The Kier molecular flexibility index (Phi) is 12.9. The van der Waals surface area contributed by atoms with Crippen molar-refractivity contribution < 1.29 is 24.2 Å². The predicted octanol–water partition coefficient (Wildman–Crippen LogP) is 12.7. The largest absolute Gasteiger partial charge is 0.184 e. The van der Waals surface area contributed by atoms with Crippen molar-refractivity contribution in [1.29, 1.82) is 0 Å². The van der Waals surface area contributed by atoms with Gasteiger partial charge in [-0.3, -0.25) is 12.2 Å². The maximum atomic E-state index is 3.85. The Hall–Kier alpha value is -2.63. The van der Waals surface area contributed by atoms with E-state index in [-0.39, 0.29) is 21.7 Å². The standard InChI is InChI=1S/C31H37.C7H9.C6H5.C2H5.CH2.Zr/c1-28(2,3)26-16-30(7,8)24-12-18-11-19-13-25-23(15-21(19)20(18)14-22(24)26)27(29(4,5)6)17-31(25,9)10;1-6-3-4-7(2)5-6;1-2-4-6-5-3-1;1-2;;/h12-16H,11H2,1-10H3;3,5,7H,1-2H3;1-5H;1H2,2H3;1H2;/q4*-1;;. The van der Waals surface area contributed by atoms with Crippen LogP contribution in [-0.4, -0.2) is 4.21 Å². The topological polar surface area (TPSA) is 0 Å². The molecule has 3 aromatic carbocycles. The molecule has 48 heavy (non-hydrogen) atoms. The molecule has 1 unspecified atom stereocenters. The first-order valence-electron chi connectivity index (χ1n) is 17.4. The summed E-state index contributed by atoms with van der Waals surface area (Å²) in [5, 5.41) is 0. The van der Waals surface area contributed by atoms with Gasteiger partial charge in [0.2, 0.25) is 0 Å². The van der Waals surface area contributed by atoms with Crippen molar-refractivity contribution in [2.45, 2.75) is 107 Å². The molecule has 0 aromatic heterocycles. The average Bonchev–Trinajstić information content (AvgIpc) is 3.74. The van der Waals surface area contributed by atoms with Crippen molar-refractivity contribution in [2.75, 3.05) is 0 Å². The van der Waals surface area contributed by atoms with E-state index in [1.165, 1.54) is 85.5 Å². The van der Waals surface area contributed by atoms with Gasteiger partial charge in [-0.15, -0.1) is 18.6 Å². The van der Waals surface area contributed by atoms with E-state index in [9.17, 15) is 0 Å². The summed E-state index contributed by atoms with van der Waals surface area (Å²) in [5.74, 6) is 0.556. The number of benzene rings is 3. The first kappa shape index (κ1) is 39.8. The number of allylic oxidation sites excluding steroid dienone is 8. The van der Waals surface area contributed by atoms with Crippen molar-refractivity contribution in [3.63, 3.8) is 0 Å². The number of hydrogen-bond acceptors (Lipinski definition) is 0. The van der Waals surface area contributed by atoms with E-state index in [1.54, 1.807) is 6.92 Å². The molecule has 3 aromatic rings. The van der Waals surface area contributed by atoms with Crippen LogP contribution in [-0.2, 0) is 41.5 Å². The third-order valence-electron chi connectivity index (χ3n) is 9.28. The van der Waals surface area contributed by atoms with Gasteiger partial charge in [0.05, 0.1) is 0 Å². The average molecular weight is 714 g/mol. The van der Waals surface area contributed by atoms with E-state index >= 15 is 0 Å². The van der Waals surface area contributed by atoms with Crippen molar-refractivity contribution in [1.82, 2.24) is 0 Å². The van der Waals surface area contributed by atoms with Crippen LogP contribution in [0.4, 0.5) is 0 Å². The fourth-order valence-electron chi connectivity index (χ4n) is 7.04. The summed E-state index contributed by atoms with van der Waals surface area (Å²) in [4.78, 5) is 0. The van der Waals surface area contributed by atoms with Crippen molar-refractivity contribution in [3.05, 3.63) is 137 Å². The fraction of sp³-hybridized carbons (Fsp3) is 0.404. The molecule has 0 fully saturated rings. The Morgan fingerprint density at radius 2 is 1.31 bits per heavy atom. The molecular formula is C47H58Zr-4. The van der Waals surface area contributed by atoms with E-state index in [4.69, 9.17) is 0 Å². The Morgan fingerprint density at radius 1 is 0.771 bits per heavy atom. The third-order valence-corrected chi connectivity index (χ3v) is 9.28. The molecule has 0 saturated carbocycles. The summed E-state index contributed by atoms with van der Waals surface area (Å²) in [6.45, 7) is 32.6. The Labute approximate surface area is 309 Å². The molecule has 0 radical (unpaired) electrons. The monoisotopic (exact) mass is 712 g/mol. The molecule has 1 heteroatoms. The molecule has 0 bridgehead atoms. The van der Waals surface area contributed by atoms with Crippen LogP contribution in [0.25, 0.3) is 22.3 Å². The maximum Gasteiger partial charge on any atom is -0.171 e. The first-order chi connectivity index (χ1) is 22.4. The summed E-state index contributed by atoms with van der Waals surface area (Å²) in [5.41, 5.74) is 16.2. The quantitative estimate of drug-likeness (QED) is 0.159. The van der Waals surface area contributed by atoms with Crippen LogP contribution in [0.5, 0.6) is 0 Å². The minimum Gasteiger partial charge on any atom is -0.184 e. The second kappa shape index (κ2) is 15.5. The summed E-state index contributed by atoms with van der Waals surface area (Å²) >= 11 is 1.30. The molecule has 4 aliphatic carbocycles. The molecule has 7 rings (SSSR count). The first-order valence-corrected chi connectivity index (χ1v) is 19.1. The summed E-state index contributed by atoms with van der Waals surface area (Å²) < 4.78 is 3.34. The number of hydrogen-bond donors (Lipinski definition) is 0. The summed E-state index contributed by atoms with van der Waals surface area (Å²) in [6.07, 6.45) is 14.8. The van der Waals surface area contributed by atoms with E-state index in [0.717, 1.165) is 6.42 Å². The van der Waals surface area contributed by atoms with Crippen LogP contribution in [0.1, 0.15) is 123 Å². The molecule has 0 nitrogen and oxygen atoms in total. The smallest absolute Gasteiger partial charge is 0.171 e. The summed E-state index contributed by atoms with van der Waals surface area (Å²) in [7, 11) is 0. The third kappa shape index (κ3) is 8.74. The molecule has 0 N–H and O–H groups in total. The molecule has 0 aliphatic heterocycles. The van der Waals surface area contributed by atoms with E-state index in [2.05, 4.69) is 149 Å². The molecule has 4 aliphatic rings. The molecule has 0 heterocycles. The second-order valence-electron chi connectivity index (χ2n) is 16.3. The minimum atomic E-state index is -0.0202. The minimum absolute atomic E-state index is 0.0202. The zero-order chi connectivity index (χ0) is 36.2. The Balaban J connectivity index is 0.000000302. The van der Waals surface area contributed by atoms with Crippen LogP contribution >= 0.6 is 0 Å². The van der Waals surface area contributed by atoms with Crippen LogP contribution in [0.15, 0.2) is 78.4 Å². The SMILES string of the molecule is CC(C)(C)C1=[C-]C(C)(C)c2cc3c(cc21)-c1cc2c(cc1C3)C(C)(C)C=C2C(C)(C)C.CC1=CC(C)[C-]=C1.[CH2-]C.[CH2]=[Zr].[c-]1ccccc1. The Bertz CT molecular complexity index is 1580. The van der Waals surface area contributed by atoms with Crippen LogP contribution in [0, 0.1) is 41.9 Å². The molecule has 0 saturated heterocycles. The van der Waals surface area contributed by atoms with Crippen LogP contribution in [0.3, 0.4) is 0 Å². The van der Waals surface area contributed by atoms with Gasteiger partial charge in [-0.2, -0.15) is 55.0 Å². The zero-order valence-electron chi connectivity index (χ0n) is 32.1. The van der Waals surface area contributed by atoms with E-state index < -0.39 is 0 Å². The zero-order valence-corrected chi connectivity index (χ0v) is 34.6. The van der Waals surface area contributed by atoms with Crippen molar-refractivity contribution in [3.8, 4) is 11.1 Å². The predicted molar refractivity (Wildman–Crippen MR) is 208 cm³/mol. The molecule has 254 valence electrons. The summed E-state index contributed by atoms with van der Waals surface area (Å²) in [6, 6.07) is 22.5. The Morgan fingerprint density at radius 3 is 1.71 bits per heavy atom. The van der Waals surface area contributed by atoms with Crippen molar-refractivity contribution >= 4 is 15.4 Å². The maximum absolute atomic E-state index is 3.85. The number of fused-ring (bicyclic) bond motifs is 5. The van der Waals surface area contributed by atoms with Gasteiger partial charge in [-0.05, 0) is 62.3 Å². The number of rotatable bonds is 0.